The molecule has 1 unspecified atom stereocenters. The number of rotatable bonds is 13. The van der Waals surface area contributed by atoms with Crippen LogP contribution in [-0.2, 0) is 11.2 Å². The van der Waals surface area contributed by atoms with Gasteiger partial charge in [-0.2, -0.15) is 0 Å². The highest BCUT2D eigenvalue weighted by molar-refractivity contribution is 5.33. The normalized spacial score (nSPS) is 16.8. The minimum atomic E-state index is 0.320. The number of ether oxygens (including phenoxy) is 2. The first-order valence-electron chi connectivity index (χ1n) is 9.37. The van der Waals surface area contributed by atoms with Crippen LogP contribution in [0, 0.1) is 0 Å². The first-order valence-corrected chi connectivity index (χ1v) is 9.37. The van der Waals surface area contributed by atoms with Gasteiger partial charge in [0, 0.05) is 0 Å². The van der Waals surface area contributed by atoms with Gasteiger partial charge < -0.3 is 9.47 Å². The highest BCUT2D eigenvalue weighted by atomic mass is 16.6. The standard InChI is InChI=1S/C21H32O2/c1-2-3-4-5-6-7-8-9-10-11-14-19-15-12-13-16-21(19)23-18-20-17-22-20/h9-10,12-13,15-16,20H,2-8,11,14,17-18H2,1H3/b10-9+. The summed E-state index contributed by atoms with van der Waals surface area (Å²) in [6.45, 7) is 3.81. The second kappa shape index (κ2) is 11.3. The van der Waals surface area contributed by atoms with E-state index in [1.807, 2.05) is 6.07 Å². The van der Waals surface area contributed by atoms with Crippen molar-refractivity contribution in [3.8, 4) is 5.75 Å². The molecule has 2 heteroatoms. The highest BCUT2D eigenvalue weighted by Crippen LogP contribution is 2.21. The maximum Gasteiger partial charge on any atom is 0.122 e. The third-order valence-corrected chi connectivity index (χ3v) is 4.27. The summed E-state index contributed by atoms with van der Waals surface area (Å²) in [5, 5.41) is 0. The molecule has 0 bridgehead atoms. The van der Waals surface area contributed by atoms with Crippen LogP contribution < -0.4 is 4.74 Å². The van der Waals surface area contributed by atoms with Crippen LogP contribution in [0.25, 0.3) is 0 Å². The predicted molar refractivity (Wildman–Crippen MR) is 97.1 cm³/mol. The molecule has 0 aliphatic carbocycles. The molecule has 1 fully saturated rings. The molecule has 2 nitrogen and oxygen atoms in total. The van der Waals surface area contributed by atoms with E-state index in [0.29, 0.717) is 12.7 Å². The Morgan fingerprint density at radius 2 is 1.78 bits per heavy atom. The summed E-state index contributed by atoms with van der Waals surface area (Å²) < 4.78 is 11.1. The lowest BCUT2D eigenvalue weighted by Gasteiger charge is -2.09. The van der Waals surface area contributed by atoms with Gasteiger partial charge in [0.05, 0.1) is 6.61 Å². The number of para-hydroxylation sites is 1. The van der Waals surface area contributed by atoms with Gasteiger partial charge in [-0.1, -0.05) is 69.4 Å². The fraction of sp³-hybridized carbons (Fsp3) is 0.619. The number of hydrogen-bond donors (Lipinski definition) is 0. The van der Waals surface area contributed by atoms with E-state index in [2.05, 4.69) is 37.3 Å². The van der Waals surface area contributed by atoms with Crippen molar-refractivity contribution in [1.29, 1.82) is 0 Å². The lowest BCUT2D eigenvalue weighted by Crippen LogP contribution is -2.05. The van der Waals surface area contributed by atoms with E-state index in [0.717, 1.165) is 25.2 Å². The van der Waals surface area contributed by atoms with Crippen molar-refractivity contribution in [2.24, 2.45) is 0 Å². The number of epoxide rings is 1. The Morgan fingerprint density at radius 3 is 2.61 bits per heavy atom. The molecule has 1 aliphatic heterocycles. The first-order chi connectivity index (χ1) is 11.4. The van der Waals surface area contributed by atoms with E-state index in [-0.39, 0.29) is 0 Å². The van der Waals surface area contributed by atoms with E-state index in [9.17, 15) is 0 Å². The maximum atomic E-state index is 5.85. The molecule has 1 aromatic rings. The molecular weight excluding hydrogens is 284 g/mol. The molecule has 0 aromatic heterocycles. The molecule has 1 saturated heterocycles. The van der Waals surface area contributed by atoms with Crippen LogP contribution in [0.2, 0.25) is 0 Å². The Balaban J connectivity index is 1.57. The molecule has 0 amide bonds. The largest absolute Gasteiger partial charge is 0.491 e. The van der Waals surface area contributed by atoms with Crippen LogP contribution in [0.1, 0.15) is 63.9 Å². The summed E-state index contributed by atoms with van der Waals surface area (Å²) in [7, 11) is 0. The minimum Gasteiger partial charge on any atom is -0.491 e. The number of benzene rings is 1. The molecule has 1 aliphatic rings. The second-order valence-corrected chi connectivity index (χ2v) is 6.44. The van der Waals surface area contributed by atoms with Crippen molar-refractivity contribution < 1.29 is 9.47 Å². The van der Waals surface area contributed by atoms with Crippen molar-refractivity contribution in [2.45, 2.75) is 70.8 Å². The molecule has 23 heavy (non-hydrogen) atoms. The van der Waals surface area contributed by atoms with Gasteiger partial charge in [0.1, 0.15) is 18.5 Å². The fourth-order valence-electron chi connectivity index (χ4n) is 2.72. The lowest BCUT2D eigenvalue weighted by molar-refractivity contribution is 0.261. The third kappa shape index (κ3) is 8.22. The van der Waals surface area contributed by atoms with Crippen LogP contribution >= 0.6 is 0 Å². The second-order valence-electron chi connectivity index (χ2n) is 6.44. The number of unbranched alkanes of at least 4 members (excludes halogenated alkanes) is 6. The van der Waals surface area contributed by atoms with E-state index in [4.69, 9.17) is 9.47 Å². The quantitative estimate of drug-likeness (QED) is 0.264. The molecule has 0 spiro atoms. The van der Waals surface area contributed by atoms with Gasteiger partial charge in [-0.25, -0.2) is 0 Å². The van der Waals surface area contributed by atoms with Gasteiger partial charge in [0.2, 0.25) is 0 Å². The Bertz CT molecular complexity index is 449. The predicted octanol–water partition coefficient (Wildman–Crippen LogP) is 5.70. The molecule has 1 aromatic carbocycles. The molecule has 2 rings (SSSR count). The molecular formula is C21H32O2. The number of hydrogen-bond acceptors (Lipinski definition) is 2. The van der Waals surface area contributed by atoms with Crippen molar-refractivity contribution in [2.75, 3.05) is 13.2 Å². The number of allylic oxidation sites excluding steroid dienone is 2. The SMILES string of the molecule is CCCCCCCC/C=C/CCc1ccccc1OCC1CO1. The highest BCUT2D eigenvalue weighted by Gasteiger charge is 2.23. The van der Waals surface area contributed by atoms with Crippen LogP contribution in [0.4, 0.5) is 0 Å². The zero-order chi connectivity index (χ0) is 16.2. The smallest absolute Gasteiger partial charge is 0.122 e. The summed E-state index contributed by atoms with van der Waals surface area (Å²) in [5.74, 6) is 1.02. The minimum absolute atomic E-state index is 0.320. The average molecular weight is 316 g/mol. The summed E-state index contributed by atoms with van der Waals surface area (Å²) in [6.07, 6.45) is 16.6. The van der Waals surface area contributed by atoms with Crippen molar-refractivity contribution in [1.82, 2.24) is 0 Å². The Labute approximate surface area is 141 Å². The zero-order valence-corrected chi connectivity index (χ0v) is 14.6. The van der Waals surface area contributed by atoms with Gasteiger partial charge in [0.15, 0.2) is 0 Å². The maximum absolute atomic E-state index is 5.85. The van der Waals surface area contributed by atoms with Crippen LogP contribution in [0.5, 0.6) is 5.75 Å². The number of aryl methyl sites for hydroxylation is 1. The Hall–Kier alpha value is -1.28. The van der Waals surface area contributed by atoms with Crippen LogP contribution in [-0.4, -0.2) is 19.3 Å². The van der Waals surface area contributed by atoms with Crippen LogP contribution in [0.15, 0.2) is 36.4 Å². The van der Waals surface area contributed by atoms with Gasteiger partial charge in [-0.05, 0) is 37.3 Å². The Morgan fingerprint density at radius 1 is 1.04 bits per heavy atom. The van der Waals surface area contributed by atoms with Crippen molar-refractivity contribution >= 4 is 0 Å². The van der Waals surface area contributed by atoms with Crippen LogP contribution in [0.3, 0.4) is 0 Å². The molecule has 1 atom stereocenters. The van der Waals surface area contributed by atoms with E-state index >= 15 is 0 Å². The van der Waals surface area contributed by atoms with Gasteiger partial charge in [0.25, 0.3) is 0 Å². The summed E-state index contributed by atoms with van der Waals surface area (Å²) in [4.78, 5) is 0. The fourth-order valence-corrected chi connectivity index (χ4v) is 2.72. The summed E-state index contributed by atoms with van der Waals surface area (Å²) in [5.41, 5.74) is 1.30. The van der Waals surface area contributed by atoms with Crippen molar-refractivity contribution in [3.63, 3.8) is 0 Å². The monoisotopic (exact) mass is 316 g/mol. The summed E-state index contributed by atoms with van der Waals surface area (Å²) >= 11 is 0. The average Bonchev–Trinajstić information content (AvgIpc) is 3.40. The van der Waals surface area contributed by atoms with Crippen molar-refractivity contribution in [3.05, 3.63) is 42.0 Å². The Kier molecular flexibility index (Phi) is 8.86. The van der Waals surface area contributed by atoms with Gasteiger partial charge in [-0.3, -0.25) is 0 Å². The van der Waals surface area contributed by atoms with Gasteiger partial charge in [-0.15, -0.1) is 0 Å². The molecule has 0 saturated carbocycles. The van der Waals surface area contributed by atoms with E-state index < -0.39 is 0 Å². The molecule has 0 N–H and O–H groups in total. The third-order valence-electron chi connectivity index (χ3n) is 4.27. The first kappa shape index (κ1) is 18.1. The van der Waals surface area contributed by atoms with Gasteiger partial charge >= 0.3 is 0 Å². The summed E-state index contributed by atoms with van der Waals surface area (Å²) in [6, 6.07) is 8.37. The molecule has 1 heterocycles. The molecule has 0 radical (unpaired) electrons. The lowest BCUT2D eigenvalue weighted by atomic mass is 10.1. The van der Waals surface area contributed by atoms with E-state index in [1.165, 1.54) is 50.5 Å². The zero-order valence-electron chi connectivity index (χ0n) is 14.6. The van der Waals surface area contributed by atoms with E-state index in [1.54, 1.807) is 0 Å². The topological polar surface area (TPSA) is 21.8 Å². The molecule has 128 valence electrons.